The lowest BCUT2D eigenvalue weighted by Gasteiger charge is -2.09. The first-order valence-corrected chi connectivity index (χ1v) is 9.15. The molecule has 1 aromatic carbocycles. The van der Waals surface area contributed by atoms with Crippen molar-refractivity contribution in [2.24, 2.45) is 0 Å². The highest BCUT2D eigenvalue weighted by Gasteiger charge is 2.12. The zero-order chi connectivity index (χ0) is 19.1. The second-order valence-corrected chi connectivity index (χ2v) is 6.17. The molecule has 8 heteroatoms. The van der Waals surface area contributed by atoms with E-state index in [-0.39, 0.29) is 12.6 Å². The van der Waals surface area contributed by atoms with Gasteiger partial charge < -0.3 is 24.9 Å². The van der Waals surface area contributed by atoms with Gasteiger partial charge in [-0.1, -0.05) is 25.5 Å². The number of unbranched alkanes of at least 4 members (excludes halogenated alkanes) is 1. The van der Waals surface area contributed by atoms with Gasteiger partial charge in [-0.3, -0.25) is 0 Å². The Morgan fingerprint density at radius 2 is 1.93 bits per heavy atom. The van der Waals surface area contributed by atoms with Gasteiger partial charge in [0.1, 0.15) is 12.4 Å². The smallest absolute Gasteiger partial charge is 0.320 e. The Bertz CT molecular complexity index is 864. The van der Waals surface area contributed by atoms with E-state index >= 15 is 0 Å². The predicted molar refractivity (Wildman–Crippen MR) is 103 cm³/mol. The summed E-state index contributed by atoms with van der Waals surface area (Å²) in [6.45, 7) is 3.82. The normalized spacial score (nSPS) is 11.0. The van der Waals surface area contributed by atoms with Crippen molar-refractivity contribution in [2.75, 3.05) is 25.6 Å². The molecule has 0 aliphatic carbocycles. The quantitative estimate of drug-likeness (QED) is 0.526. The fourth-order valence-electron chi connectivity index (χ4n) is 2.62. The number of hydrogen-bond donors (Lipinski definition) is 2. The Balaban J connectivity index is 1.64. The third kappa shape index (κ3) is 4.85. The van der Waals surface area contributed by atoms with E-state index in [0.29, 0.717) is 43.2 Å². The number of aliphatic hydroxyl groups excluding tert-OH is 1. The van der Waals surface area contributed by atoms with Crippen LogP contribution in [0.5, 0.6) is 11.8 Å². The lowest BCUT2D eigenvalue weighted by atomic mass is 10.1. The van der Waals surface area contributed by atoms with Crippen LogP contribution in [-0.2, 0) is 13.0 Å². The summed E-state index contributed by atoms with van der Waals surface area (Å²) in [4.78, 5) is 12.9. The molecule has 0 saturated carbocycles. The fourth-order valence-corrected chi connectivity index (χ4v) is 2.62. The number of fused-ring (bicyclic) bond motifs is 1. The Kier molecular flexibility index (Phi) is 6.43. The third-order valence-electron chi connectivity index (χ3n) is 4.12. The molecule has 3 N–H and O–H groups in total. The monoisotopic (exact) mass is 371 g/mol. The van der Waals surface area contributed by atoms with Gasteiger partial charge in [0.25, 0.3) is 0 Å². The van der Waals surface area contributed by atoms with Crippen molar-refractivity contribution in [3.63, 3.8) is 0 Å². The van der Waals surface area contributed by atoms with Gasteiger partial charge in [0.05, 0.1) is 19.5 Å². The van der Waals surface area contributed by atoms with Crippen molar-refractivity contribution in [3.8, 4) is 11.8 Å². The van der Waals surface area contributed by atoms with Gasteiger partial charge in [0.2, 0.25) is 0 Å². The van der Waals surface area contributed by atoms with Gasteiger partial charge in [-0.05, 0) is 30.5 Å². The Hall–Kier alpha value is -2.87. The van der Waals surface area contributed by atoms with Crippen LogP contribution in [0.15, 0.2) is 30.6 Å². The second-order valence-electron chi connectivity index (χ2n) is 6.17. The van der Waals surface area contributed by atoms with E-state index in [0.717, 1.165) is 24.2 Å². The molecule has 3 aromatic rings. The topological polar surface area (TPSA) is 108 Å². The van der Waals surface area contributed by atoms with E-state index in [1.807, 2.05) is 28.8 Å². The molecule has 8 nitrogen and oxygen atoms in total. The van der Waals surface area contributed by atoms with Crippen LogP contribution in [0.2, 0.25) is 0 Å². The maximum Gasteiger partial charge on any atom is 0.320 e. The summed E-state index contributed by atoms with van der Waals surface area (Å²) in [7, 11) is 0. The average molecular weight is 371 g/mol. The number of ether oxygens (including phenoxy) is 2. The van der Waals surface area contributed by atoms with Gasteiger partial charge in [-0.2, -0.15) is 9.97 Å². The molecule has 0 radical (unpaired) electrons. The molecule has 2 aromatic heterocycles. The highest BCUT2D eigenvalue weighted by atomic mass is 16.5. The van der Waals surface area contributed by atoms with Crippen LogP contribution in [-0.4, -0.2) is 44.4 Å². The lowest BCUT2D eigenvalue weighted by molar-refractivity contribution is 0.285. The number of nitrogens with two attached hydrogens (primary N) is 1. The van der Waals surface area contributed by atoms with E-state index in [4.69, 9.17) is 20.3 Å². The summed E-state index contributed by atoms with van der Waals surface area (Å²) in [5.74, 6) is 1.09. The van der Waals surface area contributed by atoms with E-state index in [2.05, 4.69) is 21.9 Å². The van der Waals surface area contributed by atoms with Gasteiger partial charge in [-0.25, -0.2) is 4.98 Å². The number of nitrogen functional groups attached to an aromatic ring is 1. The summed E-state index contributed by atoms with van der Waals surface area (Å²) in [5.41, 5.74) is 8.25. The molecule has 0 atom stereocenters. The first-order chi connectivity index (χ1) is 13.2. The Morgan fingerprint density at radius 3 is 2.67 bits per heavy atom. The number of hydrogen-bond acceptors (Lipinski definition) is 7. The number of aromatic nitrogens is 4. The largest absolute Gasteiger partial charge is 0.492 e. The third-order valence-corrected chi connectivity index (χ3v) is 4.12. The molecular weight excluding hydrogens is 346 g/mol. The molecule has 0 aliphatic heterocycles. The van der Waals surface area contributed by atoms with Crippen molar-refractivity contribution in [3.05, 3.63) is 36.2 Å². The summed E-state index contributed by atoms with van der Waals surface area (Å²) in [6.07, 6.45) is 4.30. The summed E-state index contributed by atoms with van der Waals surface area (Å²) >= 11 is 0. The van der Waals surface area contributed by atoms with Crippen LogP contribution in [0.25, 0.3) is 11.2 Å². The van der Waals surface area contributed by atoms with E-state index < -0.39 is 0 Å². The molecule has 0 spiro atoms. The second kappa shape index (κ2) is 9.18. The highest BCUT2D eigenvalue weighted by Crippen LogP contribution is 2.19. The van der Waals surface area contributed by atoms with Crippen LogP contribution < -0.4 is 15.2 Å². The van der Waals surface area contributed by atoms with Gasteiger partial charge in [-0.15, -0.1) is 0 Å². The van der Waals surface area contributed by atoms with Crippen LogP contribution in [0, 0.1) is 0 Å². The predicted octanol–water partition coefficient (Wildman–Crippen LogP) is 2.20. The van der Waals surface area contributed by atoms with Crippen LogP contribution in [0.4, 0.5) is 5.82 Å². The minimum absolute atomic E-state index is 0.142. The van der Waals surface area contributed by atoms with Crippen molar-refractivity contribution >= 4 is 17.0 Å². The molecule has 0 fully saturated rings. The standard InChI is InChI=1S/C19H25N5O3/c1-2-3-11-27-19-22-17(20)16-18(23-19)24(13-21-16)9-12-26-15-6-4-14(5-7-15)8-10-25/h4-7,13,25H,2-3,8-12H2,1H3,(H2,20,22,23). The number of imidazole rings is 1. The first-order valence-electron chi connectivity index (χ1n) is 9.15. The zero-order valence-corrected chi connectivity index (χ0v) is 15.5. The first kappa shape index (κ1) is 18.9. The maximum absolute atomic E-state index is 8.95. The summed E-state index contributed by atoms with van der Waals surface area (Å²) in [6, 6.07) is 7.97. The molecule has 144 valence electrons. The van der Waals surface area contributed by atoms with Crippen LogP contribution in [0.3, 0.4) is 0 Å². The molecule has 27 heavy (non-hydrogen) atoms. The van der Waals surface area contributed by atoms with Crippen molar-refractivity contribution in [1.82, 2.24) is 19.5 Å². The SMILES string of the molecule is CCCCOc1nc(N)c2ncn(CCOc3ccc(CCO)cc3)c2n1. The Morgan fingerprint density at radius 1 is 1.11 bits per heavy atom. The summed E-state index contributed by atoms with van der Waals surface area (Å²) in [5, 5.41) is 8.95. The number of anilines is 1. The molecule has 0 amide bonds. The molecule has 0 aliphatic rings. The van der Waals surface area contributed by atoms with E-state index in [1.165, 1.54) is 0 Å². The molecule has 0 saturated heterocycles. The van der Waals surface area contributed by atoms with Crippen LogP contribution in [0.1, 0.15) is 25.3 Å². The van der Waals surface area contributed by atoms with Crippen LogP contribution >= 0.6 is 0 Å². The van der Waals surface area contributed by atoms with Crippen molar-refractivity contribution in [2.45, 2.75) is 32.7 Å². The van der Waals surface area contributed by atoms with Gasteiger partial charge >= 0.3 is 6.01 Å². The lowest BCUT2D eigenvalue weighted by Crippen LogP contribution is -2.09. The molecule has 3 rings (SSSR count). The number of nitrogens with zero attached hydrogens (tertiary/aromatic N) is 4. The summed E-state index contributed by atoms with van der Waals surface area (Å²) < 4.78 is 13.2. The van der Waals surface area contributed by atoms with Crippen molar-refractivity contribution in [1.29, 1.82) is 0 Å². The maximum atomic E-state index is 8.95. The minimum Gasteiger partial charge on any atom is -0.492 e. The fraction of sp³-hybridized carbons (Fsp3) is 0.421. The molecular formula is C19H25N5O3. The van der Waals surface area contributed by atoms with Gasteiger partial charge in [0, 0.05) is 6.61 Å². The van der Waals surface area contributed by atoms with E-state index in [1.54, 1.807) is 6.33 Å². The zero-order valence-electron chi connectivity index (χ0n) is 15.5. The molecule has 2 heterocycles. The van der Waals surface area contributed by atoms with E-state index in [9.17, 15) is 0 Å². The number of benzene rings is 1. The average Bonchev–Trinajstić information content (AvgIpc) is 3.07. The highest BCUT2D eigenvalue weighted by molar-refractivity contribution is 5.81. The van der Waals surface area contributed by atoms with Gasteiger partial charge in [0.15, 0.2) is 17.0 Å². The Labute approximate surface area is 158 Å². The minimum atomic E-state index is 0.142. The van der Waals surface area contributed by atoms with Crippen molar-refractivity contribution < 1.29 is 14.6 Å². The number of rotatable bonds is 10. The molecule has 0 unspecified atom stereocenters. The molecule has 0 bridgehead atoms. The number of aliphatic hydroxyl groups is 1.